The number of rotatable bonds is 3. The third-order valence-electron chi connectivity index (χ3n) is 5.97. The Morgan fingerprint density at radius 2 is 1.80 bits per heavy atom. The maximum absolute atomic E-state index is 12.4. The van der Waals surface area contributed by atoms with E-state index in [9.17, 15) is 4.79 Å². The first-order valence-electron chi connectivity index (χ1n) is 10.2. The summed E-state index contributed by atoms with van der Waals surface area (Å²) < 4.78 is 5.57. The van der Waals surface area contributed by atoms with Crippen molar-refractivity contribution in [1.29, 1.82) is 0 Å². The number of piperidine rings is 1. The molecule has 0 radical (unpaired) electrons. The molecule has 4 nitrogen and oxygen atoms in total. The van der Waals surface area contributed by atoms with Crippen LogP contribution < -0.4 is 5.32 Å². The van der Waals surface area contributed by atoms with Crippen molar-refractivity contribution < 1.29 is 9.53 Å². The lowest BCUT2D eigenvalue weighted by molar-refractivity contribution is -0.000945. The van der Waals surface area contributed by atoms with Crippen molar-refractivity contribution in [3.8, 4) is 0 Å². The fourth-order valence-corrected chi connectivity index (χ4v) is 4.57. The maximum atomic E-state index is 12.4. The van der Waals surface area contributed by atoms with Gasteiger partial charge < -0.3 is 15.0 Å². The van der Waals surface area contributed by atoms with Crippen LogP contribution in [-0.2, 0) is 4.74 Å². The molecule has 25 heavy (non-hydrogen) atoms. The second kappa shape index (κ2) is 7.85. The Kier molecular flexibility index (Phi) is 6.45. The predicted octanol–water partition coefficient (Wildman–Crippen LogP) is 4.83. The summed E-state index contributed by atoms with van der Waals surface area (Å²) >= 11 is 0. The van der Waals surface area contributed by atoms with E-state index in [4.69, 9.17) is 4.74 Å². The van der Waals surface area contributed by atoms with Crippen molar-refractivity contribution in [2.75, 3.05) is 13.1 Å². The summed E-state index contributed by atoms with van der Waals surface area (Å²) in [4.78, 5) is 14.3. The molecule has 0 aromatic carbocycles. The van der Waals surface area contributed by atoms with Crippen LogP contribution in [0, 0.1) is 17.3 Å². The van der Waals surface area contributed by atoms with Crippen LogP contribution in [-0.4, -0.2) is 41.8 Å². The quantitative estimate of drug-likeness (QED) is 0.791. The van der Waals surface area contributed by atoms with E-state index in [-0.39, 0.29) is 11.5 Å². The highest BCUT2D eigenvalue weighted by Gasteiger charge is 2.41. The number of carbonyl (C=O) groups is 1. The van der Waals surface area contributed by atoms with E-state index in [1.54, 1.807) is 0 Å². The molecule has 1 heterocycles. The summed E-state index contributed by atoms with van der Waals surface area (Å²) in [6.45, 7) is 16.6. The van der Waals surface area contributed by atoms with Crippen molar-refractivity contribution in [1.82, 2.24) is 10.2 Å². The minimum absolute atomic E-state index is 0.0636. The van der Waals surface area contributed by atoms with Gasteiger partial charge >= 0.3 is 6.09 Å². The molecule has 3 unspecified atom stereocenters. The molecule has 2 aliphatic rings. The van der Waals surface area contributed by atoms with Gasteiger partial charge in [-0.05, 0) is 57.3 Å². The predicted molar refractivity (Wildman–Crippen MR) is 104 cm³/mol. The fraction of sp³-hybridized carbons (Fsp3) is 0.952. The van der Waals surface area contributed by atoms with Gasteiger partial charge in [0, 0.05) is 25.2 Å². The molecule has 0 bridgehead atoms. The molecule has 146 valence electrons. The average molecular weight is 353 g/mol. The van der Waals surface area contributed by atoms with Gasteiger partial charge in [-0.25, -0.2) is 4.79 Å². The molecule has 1 aliphatic heterocycles. The number of carbonyl (C=O) groups excluding carboxylic acids is 1. The molecular formula is C21H40N2O2. The van der Waals surface area contributed by atoms with Crippen molar-refractivity contribution in [2.45, 2.75) is 98.3 Å². The Hall–Kier alpha value is -0.770. The Bertz CT molecular complexity index is 453. The number of likely N-dealkylation sites (tertiary alicyclic amines) is 1. The first-order chi connectivity index (χ1) is 11.5. The van der Waals surface area contributed by atoms with Crippen LogP contribution in [0.4, 0.5) is 4.79 Å². The van der Waals surface area contributed by atoms with E-state index in [2.05, 4.69) is 33.0 Å². The Labute approximate surface area is 155 Å². The Morgan fingerprint density at radius 3 is 2.36 bits per heavy atom. The van der Waals surface area contributed by atoms with Gasteiger partial charge in [0.1, 0.15) is 5.60 Å². The zero-order chi connectivity index (χ0) is 18.8. The standard InChI is InChI=1S/C21H40N2O2/c1-15(2)16-10-8-9-11-17(16)22-18-12-13-23(14-21(18,6)7)19(24)25-20(3,4)5/h15-18,22H,8-14H2,1-7H3. The Balaban J connectivity index is 1.97. The van der Waals surface area contributed by atoms with Gasteiger partial charge in [0.05, 0.1) is 0 Å². The van der Waals surface area contributed by atoms with Crippen LogP contribution in [0.5, 0.6) is 0 Å². The summed E-state index contributed by atoms with van der Waals surface area (Å²) in [5, 5.41) is 4.01. The van der Waals surface area contributed by atoms with Crippen LogP contribution in [0.25, 0.3) is 0 Å². The van der Waals surface area contributed by atoms with Gasteiger partial charge in [-0.2, -0.15) is 0 Å². The number of amides is 1. The summed E-state index contributed by atoms with van der Waals surface area (Å²) in [5.74, 6) is 1.52. The zero-order valence-electron chi connectivity index (χ0n) is 17.5. The second-order valence-corrected chi connectivity index (χ2v) is 10.2. The van der Waals surface area contributed by atoms with E-state index in [0.29, 0.717) is 12.1 Å². The van der Waals surface area contributed by atoms with Crippen molar-refractivity contribution >= 4 is 6.09 Å². The van der Waals surface area contributed by atoms with E-state index in [0.717, 1.165) is 31.3 Å². The molecule has 2 rings (SSSR count). The van der Waals surface area contributed by atoms with Crippen molar-refractivity contribution in [2.24, 2.45) is 17.3 Å². The molecule has 4 heteroatoms. The summed E-state index contributed by atoms with van der Waals surface area (Å²) in [5.41, 5.74) is -0.364. The van der Waals surface area contributed by atoms with E-state index >= 15 is 0 Å². The summed E-state index contributed by atoms with van der Waals surface area (Å²) in [6.07, 6.45) is 6.21. The van der Waals surface area contributed by atoms with Gasteiger partial charge in [0.25, 0.3) is 0 Å². The average Bonchev–Trinajstić information content (AvgIpc) is 2.47. The topological polar surface area (TPSA) is 41.6 Å². The highest BCUT2D eigenvalue weighted by Crippen LogP contribution is 2.35. The number of hydrogen-bond acceptors (Lipinski definition) is 3. The largest absolute Gasteiger partial charge is 0.444 e. The van der Waals surface area contributed by atoms with Crippen LogP contribution in [0.1, 0.15) is 80.6 Å². The summed E-state index contributed by atoms with van der Waals surface area (Å²) in [6, 6.07) is 1.10. The van der Waals surface area contributed by atoms with Crippen LogP contribution in [0.2, 0.25) is 0 Å². The first-order valence-corrected chi connectivity index (χ1v) is 10.2. The molecule has 1 saturated carbocycles. The lowest BCUT2D eigenvalue weighted by Gasteiger charge is -2.47. The van der Waals surface area contributed by atoms with Gasteiger partial charge in [-0.1, -0.05) is 40.5 Å². The third-order valence-corrected chi connectivity index (χ3v) is 5.97. The number of hydrogen-bond donors (Lipinski definition) is 1. The number of nitrogens with one attached hydrogen (secondary N) is 1. The molecule has 0 aromatic rings. The van der Waals surface area contributed by atoms with Gasteiger partial charge in [0.2, 0.25) is 0 Å². The minimum atomic E-state index is -0.428. The lowest BCUT2D eigenvalue weighted by Crippen LogP contribution is -2.59. The second-order valence-electron chi connectivity index (χ2n) is 10.2. The molecular weight excluding hydrogens is 312 g/mol. The van der Waals surface area contributed by atoms with Crippen LogP contribution in [0.15, 0.2) is 0 Å². The van der Waals surface area contributed by atoms with Crippen molar-refractivity contribution in [3.63, 3.8) is 0 Å². The maximum Gasteiger partial charge on any atom is 0.410 e. The van der Waals surface area contributed by atoms with Gasteiger partial charge in [-0.3, -0.25) is 0 Å². The van der Waals surface area contributed by atoms with E-state index in [1.807, 2.05) is 25.7 Å². The summed E-state index contributed by atoms with van der Waals surface area (Å²) in [7, 11) is 0. The smallest absolute Gasteiger partial charge is 0.410 e. The minimum Gasteiger partial charge on any atom is -0.444 e. The van der Waals surface area contributed by atoms with Gasteiger partial charge in [0.15, 0.2) is 0 Å². The third kappa shape index (κ3) is 5.60. The van der Waals surface area contributed by atoms with E-state index < -0.39 is 5.60 Å². The molecule has 3 atom stereocenters. The SMILES string of the molecule is CC(C)C1CCCCC1NC1CCN(C(=O)OC(C)(C)C)CC1(C)C. The highest BCUT2D eigenvalue weighted by molar-refractivity contribution is 5.68. The molecule has 1 amide bonds. The number of ether oxygens (including phenoxy) is 1. The highest BCUT2D eigenvalue weighted by atomic mass is 16.6. The van der Waals surface area contributed by atoms with Crippen molar-refractivity contribution in [3.05, 3.63) is 0 Å². The molecule has 1 saturated heterocycles. The zero-order valence-corrected chi connectivity index (χ0v) is 17.5. The molecule has 1 N–H and O–H groups in total. The molecule has 2 fully saturated rings. The molecule has 0 aromatic heterocycles. The lowest BCUT2D eigenvalue weighted by atomic mass is 9.74. The first kappa shape index (κ1) is 20.5. The molecule has 0 spiro atoms. The van der Waals surface area contributed by atoms with E-state index in [1.165, 1.54) is 25.7 Å². The van der Waals surface area contributed by atoms with Gasteiger partial charge in [-0.15, -0.1) is 0 Å². The normalized spacial score (nSPS) is 30.4. The fourth-order valence-electron chi connectivity index (χ4n) is 4.57. The van der Waals surface area contributed by atoms with Crippen LogP contribution >= 0.6 is 0 Å². The Morgan fingerprint density at radius 1 is 1.16 bits per heavy atom. The molecule has 1 aliphatic carbocycles. The monoisotopic (exact) mass is 352 g/mol. The van der Waals surface area contributed by atoms with Crippen LogP contribution in [0.3, 0.4) is 0 Å². The number of nitrogens with zero attached hydrogens (tertiary/aromatic N) is 1.